The van der Waals surface area contributed by atoms with Gasteiger partial charge in [-0.3, -0.25) is 0 Å². The average molecular weight is 823 g/mol. The summed E-state index contributed by atoms with van der Waals surface area (Å²) in [6.07, 6.45) is 1.69. The molecule has 4 heteroatoms. The van der Waals surface area contributed by atoms with Crippen LogP contribution in [-0.2, 0) is 12.8 Å². The molecule has 0 aliphatic carbocycles. The molecule has 0 radical (unpaired) electrons. The third kappa shape index (κ3) is 5.42. The molecule has 4 nitrogen and oxygen atoms in total. The van der Waals surface area contributed by atoms with Gasteiger partial charge < -0.3 is 18.9 Å². The van der Waals surface area contributed by atoms with Crippen molar-refractivity contribution in [2.24, 2.45) is 0 Å². The van der Waals surface area contributed by atoms with Crippen LogP contribution in [0.5, 0.6) is 0 Å². The van der Waals surface area contributed by atoms with Crippen LogP contribution < -0.4 is 9.80 Å². The number of rotatable bonds is 6. The van der Waals surface area contributed by atoms with Crippen molar-refractivity contribution in [1.82, 2.24) is 9.13 Å². The fourth-order valence-corrected chi connectivity index (χ4v) is 11.4. The number of hydrogen-bond donors (Lipinski definition) is 0. The predicted octanol–water partition coefficient (Wildman–Crippen LogP) is 15.9. The zero-order valence-electron chi connectivity index (χ0n) is 36.5. The first kappa shape index (κ1) is 36.8. The average Bonchev–Trinajstić information content (AvgIpc) is 3.81. The molecule has 0 spiro atoms. The highest BCUT2D eigenvalue weighted by Crippen LogP contribution is 2.51. The minimum Gasteiger partial charge on any atom is -0.310 e. The van der Waals surface area contributed by atoms with Gasteiger partial charge in [0.25, 0.3) is 0 Å². The first-order chi connectivity index (χ1) is 31.4. The Hall–Kier alpha value is -7.82. The van der Waals surface area contributed by atoms with Gasteiger partial charge in [0.2, 0.25) is 0 Å². The molecule has 2 aromatic heterocycles. The molecule has 2 aliphatic heterocycles. The zero-order chi connectivity index (χ0) is 42.8. The van der Waals surface area contributed by atoms with E-state index in [0.29, 0.717) is 0 Å². The molecule has 0 fully saturated rings. The van der Waals surface area contributed by atoms with Crippen LogP contribution >= 0.6 is 0 Å². The second-order valence-corrected chi connectivity index (χ2v) is 18.1. The molecule has 306 valence electrons. The highest BCUT2D eigenvalue weighted by Gasteiger charge is 2.31. The highest BCUT2D eigenvalue weighted by atomic mass is 15.2. The van der Waals surface area contributed by atoms with E-state index < -0.39 is 0 Å². The Labute approximate surface area is 373 Å². The summed E-state index contributed by atoms with van der Waals surface area (Å²) >= 11 is 0. The van der Waals surface area contributed by atoms with Crippen LogP contribution in [0, 0.1) is 27.7 Å². The summed E-state index contributed by atoms with van der Waals surface area (Å²) in [5.74, 6) is 0. The Kier molecular flexibility index (Phi) is 7.96. The Morgan fingerprint density at radius 1 is 0.344 bits per heavy atom. The van der Waals surface area contributed by atoms with Crippen molar-refractivity contribution < 1.29 is 0 Å². The number of hydrogen-bond acceptors (Lipinski definition) is 2. The van der Waals surface area contributed by atoms with Crippen LogP contribution in [0.15, 0.2) is 182 Å². The summed E-state index contributed by atoms with van der Waals surface area (Å²) in [6.45, 7) is 8.81. The Morgan fingerprint density at radius 2 is 0.719 bits per heavy atom. The van der Waals surface area contributed by atoms with Crippen LogP contribution in [0.4, 0.5) is 34.1 Å². The van der Waals surface area contributed by atoms with Crippen molar-refractivity contribution in [2.45, 2.75) is 40.5 Å². The van der Waals surface area contributed by atoms with E-state index in [1.807, 2.05) is 0 Å². The number of aromatic nitrogens is 2. The van der Waals surface area contributed by atoms with Crippen LogP contribution in [0.2, 0.25) is 0 Å². The number of anilines is 6. The normalized spacial score (nSPS) is 12.6. The maximum Gasteiger partial charge on any atom is 0.0597 e. The van der Waals surface area contributed by atoms with E-state index in [9.17, 15) is 0 Å². The Morgan fingerprint density at radius 3 is 1.12 bits per heavy atom. The van der Waals surface area contributed by atoms with Crippen molar-refractivity contribution in [1.29, 1.82) is 0 Å². The van der Waals surface area contributed by atoms with Crippen molar-refractivity contribution >= 4 is 77.7 Å². The van der Waals surface area contributed by atoms with Crippen molar-refractivity contribution in [3.8, 4) is 11.4 Å². The summed E-state index contributed by atoms with van der Waals surface area (Å²) < 4.78 is 5.16. The topological polar surface area (TPSA) is 16.3 Å². The maximum atomic E-state index is 2.58. The van der Waals surface area contributed by atoms with Gasteiger partial charge in [0, 0.05) is 79.6 Å². The van der Waals surface area contributed by atoms with E-state index in [4.69, 9.17) is 0 Å². The number of benzene rings is 9. The van der Waals surface area contributed by atoms with Gasteiger partial charge in [-0.25, -0.2) is 0 Å². The molecular formula is C60H46N4. The Balaban J connectivity index is 1.12. The van der Waals surface area contributed by atoms with Crippen molar-refractivity contribution in [2.75, 3.05) is 9.80 Å². The monoisotopic (exact) mass is 822 g/mol. The minimum atomic E-state index is 0.847. The summed E-state index contributed by atoms with van der Waals surface area (Å²) in [4.78, 5) is 4.95. The first-order valence-corrected chi connectivity index (χ1v) is 22.5. The summed E-state index contributed by atoms with van der Waals surface area (Å²) in [6, 6.07) is 68.2. The van der Waals surface area contributed by atoms with Gasteiger partial charge in [0.15, 0.2) is 0 Å². The van der Waals surface area contributed by atoms with Crippen LogP contribution in [0.25, 0.3) is 55.0 Å². The fourth-order valence-electron chi connectivity index (χ4n) is 11.4. The second-order valence-electron chi connectivity index (χ2n) is 18.1. The van der Waals surface area contributed by atoms with E-state index in [1.54, 1.807) is 0 Å². The SMILES string of the molecule is Cc1cc(C)cc(N(c2ccccc2)c2ccc3c4cc5c(cc4n4c3c2Cc2ccccc2-4)c2ccc(N(c3ccccc3)c3cc(C)cc(C)c3)c3c2n5-c2ccccc2C3)c1. The smallest absolute Gasteiger partial charge is 0.0597 e. The molecule has 64 heavy (non-hydrogen) atoms. The molecule has 0 saturated carbocycles. The van der Waals surface area contributed by atoms with Gasteiger partial charge in [-0.05, 0) is 146 Å². The lowest BCUT2D eigenvalue weighted by atomic mass is 9.94. The van der Waals surface area contributed by atoms with Gasteiger partial charge in [0.1, 0.15) is 0 Å². The fraction of sp³-hybridized carbons (Fsp3) is 0.100. The van der Waals surface area contributed by atoms with Crippen LogP contribution in [-0.4, -0.2) is 9.13 Å². The van der Waals surface area contributed by atoms with E-state index in [0.717, 1.165) is 24.2 Å². The summed E-state index contributed by atoms with van der Waals surface area (Å²) in [7, 11) is 0. The molecule has 2 aliphatic rings. The third-order valence-electron chi connectivity index (χ3n) is 13.8. The molecule has 0 N–H and O–H groups in total. The minimum absolute atomic E-state index is 0.847. The van der Waals surface area contributed by atoms with Gasteiger partial charge >= 0.3 is 0 Å². The summed E-state index contributed by atoms with van der Waals surface area (Å²) in [5, 5.41) is 5.11. The Bertz CT molecular complexity index is 3430. The lowest BCUT2D eigenvalue weighted by molar-refractivity contribution is 1.03. The van der Waals surface area contributed by atoms with Gasteiger partial charge in [-0.15, -0.1) is 0 Å². The van der Waals surface area contributed by atoms with Crippen molar-refractivity contribution in [3.05, 3.63) is 226 Å². The second kappa shape index (κ2) is 13.8. The third-order valence-corrected chi connectivity index (χ3v) is 13.8. The molecule has 0 amide bonds. The van der Waals surface area contributed by atoms with Gasteiger partial charge in [-0.2, -0.15) is 0 Å². The van der Waals surface area contributed by atoms with E-state index in [-0.39, 0.29) is 0 Å². The first-order valence-electron chi connectivity index (χ1n) is 22.5. The molecule has 13 rings (SSSR count). The number of para-hydroxylation sites is 4. The molecular weight excluding hydrogens is 777 g/mol. The molecule has 0 atom stereocenters. The molecule has 0 bridgehead atoms. The summed E-state index contributed by atoms with van der Waals surface area (Å²) in [5.41, 5.74) is 25.1. The lowest BCUT2D eigenvalue weighted by Crippen LogP contribution is -2.16. The standard InChI is InChI=1S/C60H46N4/c1-37-27-38(2)30-45(29-37)61(43-17-7-5-8-18-43)55-25-23-47-49-35-58-50(36-57(49)63-53-21-13-11-15-41(53)33-51(55)59(47)63)48-24-26-56(52-34-42-16-12-14-22-54(42)64(58)60(48)52)62(44-19-9-6-10-20-44)46-31-39(3)28-40(4)32-46/h5-32,35-36H,33-34H2,1-4H3. The van der Waals surface area contributed by atoms with Crippen LogP contribution in [0.1, 0.15) is 44.5 Å². The van der Waals surface area contributed by atoms with E-state index in [1.165, 1.54) is 122 Å². The van der Waals surface area contributed by atoms with Gasteiger partial charge in [-0.1, -0.05) is 97.1 Å². The predicted molar refractivity (Wildman–Crippen MR) is 269 cm³/mol. The lowest BCUT2D eigenvalue weighted by Gasteiger charge is -2.31. The number of aryl methyl sites for hydroxylation is 4. The molecule has 0 saturated heterocycles. The molecule has 11 aromatic rings. The highest BCUT2D eigenvalue weighted by molar-refractivity contribution is 6.21. The van der Waals surface area contributed by atoms with E-state index >= 15 is 0 Å². The quantitative estimate of drug-likeness (QED) is 0.166. The molecule has 0 unspecified atom stereocenters. The van der Waals surface area contributed by atoms with E-state index in [2.05, 4.69) is 229 Å². The van der Waals surface area contributed by atoms with Gasteiger partial charge in [0.05, 0.1) is 33.4 Å². The number of fused-ring (bicyclic) bond motifs is 10. The van der Waals surface area contributed by atoms with Crippen molar-refractivity contribution in [3.63, 3.8) is 0 Å². The molecule has 4 heterocycles. The zero-order valence-corrected chi connectivity index (χ0v) is 36.5. The number of nitrogens with zero attached hydrogens (tertiary/aromatic N) is 4. The van der Waals surface area contributed by atoms with Crippen LogP contribution in [0.3, 0.4) is 0 Å². The largest absolute Gasteiger partial charge is 0.310 e. The molecule has 9 aromatic carbocycles. The maximum absolute atomic E-state index is 2.58.